The topological polar surface area (TPSA) is 58.4 Å². The molecule has 0 bridgehead atoms. The molecule has 1 fully saturated rings. The highest BCUT2D eigenvalue weighted by Crippen LogP contribution is 2.19. The number of piperidine rings is 1. The highest BCUT2D eigenvalue weighted by Gasteiger charge is 2.13. The van der Waals surface area contributed by atoms with Gasteiger partial charge in [0.25, 0.3) is 0 Å². The van der Waals surface area contributed by atoms with E-state index in [1.807, 2.05) is 19.9 Å². The fourth-order valence-corrected chi connectivity index (χ4v) is 4.45. The number of amides is 1. The number of hydrogen-bond donors (Lipinski definition) is 1. The SMILES string of the molecule is Cc1noc(C)c1CSCC(=O)NCc1ccccc1CN1CCCCC1. The maximum Gasteiger partial charge on any atom is 0.230 e. The molecule has 146 valence electrons. The van der Waals surface area contributed by atoms with E-state index in [4.69, 9.17) is 4.52 Å². The Bertz CT molecular complexity index is 734. The fourth-order valence-electron chi connectivity index (χ4n) is 3.44. The van der Waals surface area contributed by atoms with E-state index in [-0.39, 0.29) is 5.91 Å². The molecule has 1 amide bonds. The molecule has 1 aromatic carbocycles. The van der Waals surface area contributed by atoms with Crippen molar-refractivity contribution < 1.29 is 9.32 Å². The van der Waals surface area contributed by atoms with Crippen LogP contribution in [0.4, 0.5) is 0 Å². The number of hydrogen-bond acceptors (Lipinski definition) is 5. The number of aromatic nitrogens is 1. The molecule has 0 spiro atoms. The minimum atomic E-state index is 0.0690. The quantitative estimate of drug-likeness (QED) is 0.746. The maximum absolute atomic E-state index is 12.2. The van der Waals surface area contributed by atoms with Crippen molar-refractivity contribution in [1.29, 1.82) is 0 Å². The standard InChI is InChI=1S/C21H29N3O2S/c1-16-20(17(2)26-23-16)14-27-15-21(25)22-12-18-8-4-5-9-19(18)13-24-10-6-3-7-11-24/h4-5,8-9H,3,6-7,10-15H2,1-2H3,(H,22,25). The van der Waals surface area contributed by atoms with Gasteiger partial charge in [0, 0.05) is 24.4 Å². The Morgan fingerprint density at radius 3 is 2.63 bits per heavy atom. The summed E-state index contributed by atoms with van der Waals surface area (Å²) in [6, 6.07) is 8.44. The Kier molecular flexibility index (Phi) is 7.35. The van der Waals surface area contributed by atoms with Crippen LogP contribution in [-0.2, 0) is 23.6 Å². The normalized spacial score (nSPS) is 15.0. The zero-order chi connectivity index (χ0) is 19.1. The number of benzene rings is 1. The molecule has 27 heavy (non-hydrogen) atoms. The molecule has 2 heterocycles. The largest absolute Gasteiger partial charge is 0.361 e. The number of likely N-dealkylation sites (tertiary alicyclic amines) is 1. The van der Waals surface area contributed by atoms with Crippen LogP contribution < -0.4 is 5.32 Å². The average molecular weight is 388 g/mol. The zero-order valence-corrected chi connectivity index (χ0v) is 17.1. The van der Waals surface area contributed by atoms with Gasteiger partial charge >= 0.3 is 0 Å². The van der Waals surface area contributed by atoms with Crippen LogP contribution in [-0.4, -0.2) is 34.8 Å². The van der Waals surface area contributed by atoms with Crippen molar-refractivity contribution in [3.8, 4) is 0 Å². The monoisotopic (exact) mass is 387 g/mol. The van der Waals surface area contributed by atoms with Gasteiger partial charge in [-0.05, 0) is 50.9 Å². The Morgan fingerprint density at radius 2 is 1.93 bits per heavy atom. The third kappa shape index (κ3) is 5.84. The smallest absolute Gasteiger partial charge is 0.230 e. The number of aryl methyl sites for hydroxylation is 2. The number of nitrogens with one attached hydrogen (secondary N) is 1. The second-order valence-electron chi connectivity index (χ2n) is 7.18. The lowest BCUT2D eigenvalue weighted by Crippen LogP contribution is -2.30. The van der Waals surface area contributed by atoms with Gasteiger partial charge in [-0.2, -0.15) is 0 Å². The predicted molar refractivity (Wildman–Crippen MR) is 110 cm³/mol. The van der Waals surface area contributed by atoms with Crippen LogP contribution in [0.15, 0.2) is 28.8 Å². The van der Waals surface area contributed by atoms with Crippen molar-refractivity contribution in [3.05, 3.63) is 52.4 Å². The van der Waals surface area contributed by atoms with Crippen LogP contribution in [0.5, 0.6) is 0 Å². The van der Waals surface area contributed by atoms with Gasteiger partial charge in [-0.15, -0.1) is 11.8 Å². The van der Waals surface area contributed by atoms with Crippen molar-refractivity contribution in [1.82, 2.24) is 15.4 Å². The Morgan fingerprint density at radius 1 is 1.19 bits per heavy atom. The first-order chi connectivity index (χ1) is 13.1. The minimum absolute atomic E-state index is 0.0690. The molecular weight excluding hydrogens is 358 g/mol. The zero-order valence-electron chi connectivity index (χ0n) is 16.3. The summed E-state index contributed by atoms with van der Waals surface area (Å²) in [6.07, 6.45) is 3.93. The molecule has 0 saturated carbocycles. The molecule has 1 aliphatic heterocycles. The molecule has 2 aromatic rings. The molecular formula is C21H29N3O2S. The summed E-state index contributed by atoms with van der Waals surface area (Å²) in [5.74, 6) is 2.10. The van der Waals surface area contributed by atoms with E-state index < -0.39 is 0 Å². The van der Waals surface area contributed by atoms with Gasteiger partial charge in [-0.25, -0.2) is 0 Å². The van der Waals surface area contributed by atoms with Crippen molar-refractivity contribution in [2.24, 2.45) is 0 Å². The van der Waals surface area contributed by atoms with Crippen LogP contribution in [0.2, 0.25) is 0 Å². The van der Waals surface area contributed by atoms with Gasteiger partial charge in [0.2, 0.25) is 5.91 Å². The molecule has 3 rings (SSSR count). The van der Waals surface area contributed by atoms with Gasteiger partial charge < -0.3 is 9.84 Å². The summed E-state index contributed by atoms with van der Waals surface area (Å²) >= 11 is 1.59. The van der Waals surface area contributed by atoms with E-state index in [0.717, 1.165) is 29.3 Å². The first kappa shape index (κ1) is 20.0. The summed E-state index contributed by atoms with van der Waals surface area (Å²) < 4.78 is 5.17. The third-order valence-electron chi connectivity index (χ3n) is 5.10. The highest BCUT2D eigenvalue weighted by molar-refractivity contribution is 7.99. The fraction of sp³-hybridized carbons (Fsp3) is 0.524. The van der Waals surface area contributed by atoms with Crippen LogP contribution >= 0.6 is 11.8 Å². The summed E-state index contributed by atoms with van der Waals surface area (Å²) in [4.78, 5) is 14.8. The Labute approximate surface area is 165 Å². The van der Waals surface area contributed by atoms with E-state index in [9.17, 15) is 4.79 Å². The van der Waals surface area contributed by atoms with E-state index in [0.29, 0.717) is 12.3 Å². The second-order valence-corrected chi connectivity index (χ2v) is 8.16. The van der Waals surface area contributed by atoms with Crippen molar-refractivity contribution in [2.45, 2.75) is 52.0 Å². The lowest BCUT2D eigenvalue weighted by atomic mass is 10.0. The van der Waals surface area contributed by atoms with Gasteiger partial charge in [0.15, 0.2) is 0 Å². The summed E-state index contributed by atoms with van der Waals surface area (Å²) in [5.41, 5.74) is 4.54. The summed E-state index contributed by atoms with van der Waals surface area (Å²) in [7, 11) is 0. The predicted octanol–water partition coefficient (Wildman–Crippen LogP) is 3.83. The van der Waals surface area contributed by atoms with E-state index in [2.05, 4.69) is 33.6 Å². The van der Waals surface area contributed by atoms with Crippen LogP contribution in [0.3, 0.4) is 0 Å². The average Bonchev–Trinajstić information content (AvgIpc) is 3.00. The van der Waals surface area contributed by atoms with Gasteiger partial charge in [-0.1, -0.05) is 35.8 Å². The molecule has 0 radical (unpaired) electrons. The number of carbonyl (C=O) groups excluding carboxylic acids is 1. The molecule has 6 heteroatoms. The lowest BCUT2D eigenvalue weighted by Gasteiger charge is -2.27. The summed E-state index contributed by atoms with van der Waals surface area (Å²) in [6.45, 7) is 7.78. The number of nitrogens with zero attached hydrogens (tertiary/aromatic N) is 2. The third-order valence-corrected chi connectivity index (χ3v) is 6.06. The molecule has 1 aliphatic rings. The first-order valence-corrected chi connectivity index (χ1v) is 10.8. The van der Waals surface area contributed by atoms with Crippen molar-refractivity contribution in [3.63, 3.8) is 0 Å². The molecule has 0 unspecified atom stereocenters. The molecule has 0 atom stereocenters. The lowest BCUT2D eigenvalue weighted by molar-refractivity contribution is -0.118. The molecule has 1 N–H and O–H groups in total. The molecule has 5 nitrogen and oxygen atoms in total. The maximum atomic E-state index is 12.2. The Balaban J connectivity index is 1.45. The highest BCUT2D eigenvalue weighted by atomic mass is 32.2. The van der Waals surface area contributed by atoms with Crippen molar-refractivity contribution in [2.75, 3.05) is 18.8 Å². The number of thioether (sulfide) groups is 1. The number of rotatable bonds is 8. The number of carbonyl (C=O) groups is 1. The summed E-state index contributed by atoms with van der Waals surface area (Å²) in [5, 5.41) is 7.02. The molecule has 0 aliphatic carbocycles. The van der Waals surface area contributed by atoms with Crippen molar-refractivity contribution >= 4 is 17.7 Å². The second kappa shape index (κ2) is 9.95. The van der Waals surface area contributed by atoms with Gasteiger partial charge in [0.05, 0.1) is 11.4 Å². The van der Waals surface area contributed by atoms with E-state index in [1.165, 1.54) is 43.5 Å². The van der Waals surface area contributed by atoms with Crippen LogP contribution in [0.1, 0.15) is 47.4 Å². The van der Waals surface area contributed by atoms with E-state index in [1.54, 1.807) is 11.8 Å². The Hall–Kier alpha value is -1.79. The molecule has 1 aromatic heterocycles. The van der Waals surface area contributed by atoms with Crippen LogP contribution in [0.25, 0.3) is 0 Å². The first-order valence-electron chi connectivity index (χ1n) is 9.69. The minimum Gasteiger partial charge on any atom is -0.361 e. The van der Waals surface area contributed by atoms with Gasteiger partial charge in [0.1, 0.15) is 5.76 Å². The van der Waals surface area contributed by atoms with Crippen LogP contribution in [0, 0.1) is 13.8 Å². The van der Waals surface area contributed by atoms with E-state index >= 15 is 0 Å². The van der Waals surface area contributed by atoms with Gasteiger partial charge in [-0.3, -0.25) is 9.69 Å². The molecule has 1 saturated heterocycles.